The van der Waals surface area contributed by atoms with E-state index in [1.54, 1.807) is 50.2 Å². The zero-order valence-corrected chi connectivity index (χ0v) is 21.4. The Morgan fingerprint density at radius 1 is 0.970 bits per heavy atom. The number of nitrogens with zero attached hydrogens (tertiary/aromatic N) is 5. The molecule has 3 heterocycles. The Hall–Kier alpha value is -3.26. The van der Waals surface area contributed by atoms with Gasteiger partial charge in [-0.3, -0.25) is 9.97 Å². The average Bonchev–Trinajstić information content (AvgIpc) is 3.61. The van der Waals surface area contributed by atoms with E-state index < -0.39 is 0 Å². The molecule has 0 spiro atoms. The monoisotopic (exact) mass is 636 g/mol. The summed E-state index contributed by atoms with van der Waals surface area (Å²) in [6.07, 6.45) is 10.1. The third-order valence-electron chi connectivity index (χ3n) is 4.61. The van der Waals surface area contributed by atoms with E-state index in [1.807, 2.05) is 64.2 Å². The molecule has 5 rings (SSSR count). The molecular formula is C24H21IrN5O2S-2. The molecule has 0 bridgehead atoms. The number of methoxy groups -OCH3 is 2. The van der Waals surface area contributed by atoms with E-state index in [2.05, 4.69) is 27.2 Å². The number of rotatable bonds is 5. The Morgan fingerprint density at radius 2 is 1.79 bits per heavy atom. The number of hydrogen-bond donors (Lipinski definition) is 0. The van der Waals surface area contributed by atoms with Crippen molar-refractivity contribution in [3.63, 3.8) is 0 Å². The van der Waals surface area contributed by atoms with Crippen LogP contribution in [0, 0.1) is 12.3 Å². The molecule has 7 nitrogen and oxygen atoms in total. The molecule has 0 unspecified atom stereocenters. The first-order chi connectivity index (χ1) is 15.7. The molecule has 3 aromatic heterocycles. The van der Waals surface area contributed by atoms with E-state index in [9.17, 15) is 0 Å². The Balaban J connectivity index is 0.000000180. The summed E-state index contributed by atoms with van der Waals surface area (Å²) in [5, 5.41) is 2.83. The summed E-state index contributed by atoms with van der Waals surface area (Å²) in [6.45, 7) is 0. The normalized spacial score (nSPS) is 10.0. The number of imidazole rings is 2. The average molecular weight is 636 g/mol. The van der Waals surface area contributed by atoms with Gasteiger partial charge < -0.3 is 23.6 Å². The maximum atomic E-state index is 5.30. The van der Waals surface area contributed by atoms with Crippen LogP contribution in [0.1, 0.15) is 0 Å². The van der Waals surface area contributed by atoms with Gasteiger partial charge in [-0.1, -0.05) is 48.2 Å². The van der Waals surface area contributed by atoms with Gasteiger partial charge in [0.1, 0.15) is 0 Å². The molecule has 0 fully saturated rings. The van der Waals surface area contributed by atoms with Crippen molar-refractivity contribution < 1.29 is 29.6 Å². The van der Waals surface area contributed by atoms with Crippen molar-refractivity contribution in [3.8, 4) is 39.4 Å². The van der Waals surface area contributed by atoms with E-state index >= 15 is 0 Å². The number of aromatic nitrogens is 5. The van der Waals surface area contributed by atoms with Crippen LogP contribution in [0.3, 0.4) is 0 Å². The molecule has 0 N–H and O–H groups in total. The summed E-state index contributed by atoms with van der Waals surface area (Å²) in [4.78, 5) is 12.8. The van der Waals surface area contributed by atoms with Crippen molar-refractivity contribution in [2.75, 3.05) is 14.2 Å². The van der Waals surface area contributed by atoms with Crippen molar-refractivity contribution in [2.45, 2.75) is 0 Å². The summed E-state index contributed by atoms with van der Waals surface area (Å²) in [5.74, 6) is 3.11. The predicted octanol–water partition coefficient (Wildman–Crippen LogP) is 4.70. The van der Waals surface area contributed by atoms with Crippen LogP contribution in [0.15, 0.2) is 72.6 Å². The number of benzene rings is 2. The van der Waals surface area contributed by atoms with Crippen LogP contribution >= 0.6 is 11.3 Å². The molecule has 0 saturated carbocycles. The van der Waals surface area contributed by atoms with E-state index in [-0.39, 0.29) is 20.1 Å². The van der Waals surface area contributed by atoms with Crippen LogP contribution in [0.5, 0.6) is 11.5 Å². The minimum absolute atomic E-state index is 0. The second-order valence-electron chi connectivity index (χ2n) is 6.57. The quantitative estimate of drug-likeness (QED) is 0.262. The summed E-state index contributed by atoms with van der Waals surface area (Å²) in [6, 6.07) is 16.7. The van der Waals surface area contributed by atoms with Gasteiger partial charge in [-0.2, -0.15) is 11.3 Å². The van der Waals surface area contributed by atoms with Gasteiger partial charge >= 0.3 is 0 Å². The zero-order chi connectivity index (χ0) is 22.3. The van der Waals surface area contributed by atoms with Gasteiger partial charge in [0, 0.05) is 63.1 Å². The van der Waals surface area contributed by atoms with Gasteiger partial charge in [-0.15, -0.1) is 12.1 Å². The first-order valence-corrected chi connectivity index (χ1v) is 10.6. The van der Waals surface area contributed by atoms with Crippen molar-refractivity contribution in [1.29, 1.82) is 0 Å². The van der Waals surface area contributed by atoms with Gasteiger partial charge in [-0.25, -0.2) is 0 Å². The third kappa shape index (κ3) is 5.57. The molecule has 0 amide bonds. The van der Waals surface area contributed by atoms with E-state index in [0.717, 1.165) is 33.7 Å². The van der Waals surface area contributed by atoms with Crippen LogP contribution in [0.2, 0.25) is 0 Å². The van der Waals surface area contributed by atoms with E-state index in [4.69, 9.17) is 9.47 Å². The fourth-order valence-corrected chi connectivity index (χ4v) is 3.66. The zero-order valence-electron chi connectivity index (χ0n) is 18.2. The fraction of sp³-hybridized carbons (Fsp3) is 0.125. The Kier molecular flexibility index (Phi) is 8.54. The number of hydrogen-bond acceptors (Lipinski definition) is 6. The smallest absolute Gasteiger partial charge is 0.0825 e. The topological polar surface area (TPSA) is 67.0 Å². The van der Waals surface area contributed by atoms with Crippen molar-refractivity contribution >= 4 is 11.3 Å². The Morgan fingerprint density at radius 3 is 2.42 bits per heavy atom. The minimum atomic E-state index is 0. The van der Waals surface area contributed by atoms with Gasteiger partial charge in [0.2, 0.25) is 0 Å². The molecule has 9 heteroatoms. The van der Waals surface area contributed by atoms with Crippen LogP contribution in [0.25, 0.3) is 27.9 Å². The summed E-state index contributed by atoms with van der Waals surface area (Å²) in [7, 11) is 5.16. The van der Waals surface area contributed by atoms with Gasteiger partial charge in [0.25, 0.3) is 0 Å². The maximum Gasteiger partial charge on any atom is 0.0825 e. The molecule has 2 aromatic carbocycles. The van der Waals surface area contributed by atoms with Gasteiger partial charge in [0.15, 0.2) is 0 Å². The second kappa shape index (κ2) is 11.6. The Bertz CT molecular complexity index is 1270. The molecule has 0 saturated heterocycles. The van der Waals surface area contributed by atoms with Crippen LogP contribution in [0.4, 0.5) is 0 Å². The molecule has 0 aliphatic carbocycles. The van der Waals surface area contributed by atoms with Crippen LogP contribution in [-0.2, 0) is 27.2 Å². The number of thiazole rings is 1. The van der Waals surface area contributed by atoms with Crippen molar-refractivity contribution in [3.05, 3.63) is 84.9 Å². The molecular weight excluding hydrogens is 615 g/mol. The van der Waals surface area contributed by atoms with Crippen LogP contribution < -0.4 is 9.47 Å². The third-order valence-corrected chi connectivity index (χ3v) is 5.36. The van der Waals surface area contributed by atoms with E-state index in [0.29, 0.717) is 5.75 Å². The molecule has 0 aliphatic rings. The Labute approximate surface area is 210 Å². The van der Waals surface area contributed by atoms with Crippen molar-refractivity contribution in [1.82, 2.24) is 24.1 Å². The molecule has 0 aliphatic heterocycles. The molecule has 5 aromatic rings. The second-order valence-corrected chi connectivity index (χ2v) is 7.44. The predicted molar refractivity (Wildman–Crippen MR) is 124 cm³/mol. The minimum Gasteiger partial charge on any atom is -0.540 e. The van der Waals surface area contributed by atoms with Crippen molar-refractivity contribution in [2.24, 2.45) is 7.05 Å². The van der Waals surface area contributed by atoms with Gasteiger partial charge in [0.05, 0.1) is 25.2 Å². The summed E-state index contributed by atoms with van der Waals surface area (Å²) in [5.41, 5.74) is 1.90. The van der Waals surface area contributed by atoms with E-state index in [1.165, 1.54) is 0 Å². The molecule has 1 radical (unpaired) electrons. The number of ether oxygens (including phenoxy) is 2. The maximum absolute atomic E-state index is 5.30. The fourth-order valence-electron chi connectivity index (χ4n) is 3.05. The number of aryl methyl sites for hydroxylation is 1. The summed E-state index contributed by atoms with van der Waals surface area (Å²) >= 11 is 1.57. The SMILES string of the molecule is COc1c[c-]c(-c2nccn2C)c(OC)c1.[Ir].[c-]1cnc(-c2ccccc2)n1-c1nccs1. The van der Waals surface area contributed by atoms with Gasteiger partial charge in [-0.05, 0) is 17.1 Å². The first kappa shape index (κ1) is 24.4. The standard InChI is InChI=1S/C12H8N3S.C12H13N2O2.Ir/c1-2-4-10(5-3-1)11-13-6-8-15(11)12-14-7-9-16-12;1-14-7-6-13-12(14)10-5-4-9(15-2)8-11(10)16-3;/h1-7,9H;4,6-8H,1-3H3;/q2*-1;. The largest absolute Gasteiger partial charge is 0.540 e. The molecule has 0 atom stereocenters. The van der Waals surface area contributed by atoms with Crippen LogP contribution in [-0.4, -0.2) is 38.3 Å². The first-order valence-electron chi connectivity index (χ1n) is 9.73. The molecule has 171 valence electrons. The summed E-state index contributed by atoms with van der Waals surface area (Å²) < 4.78 is 14.2. The molecule has 33 heavy (non-hydrogen) atoms.